The summed E-state index contributed by atoms with van der Waals surface area (Å²) in [6.45, 7) is 4.08. The molecule has 17 heavy (non-hydrogen) atoms. The molecule has 2 N–H and O–H groups in total. The molecule has 1 aromatic heterocycles. The summed E-state index contributed by atoms with van der Waals surface area (Å²) >= 11 is 1.58. The molecule has 0 atom stereocenters. The molecule has 0 spiro atoms. The van der Waals surface area contributed by atoms with Gasteiger partial charge in [0, 0.05) is 10.6 Å². The van der Waals surface area contributed by atoms with E-state index in [1.54, 1.807) is 11.3 Å². The highest BCUT2D eigenvalue weighted by Gasteiger charge is 2.05. The molecule has 0 radical (unpaired) electrons. The number of rotatable bonds is 2. The van der Waals surface area contributed by atoms with Crippen LogP contribution < -0.4 is 10.6 Å². The number of aryl methyl sites for hydroxylation is 2. The molecule has 0 fully saturated rings. The van der Waals surface area contributed by atoms with Crippen molar-refractivity contribution in [3.63, 3.8) is 0 Å². The highest BCUT2D eigenvalue weighted by Crippen LogP contribution is 2.25. The molecule has 0 saturated carbocycles. The zero-order valence-corrected chi connectivity index (χ0v) is 10.6. The Morgan fingerprint density at radius 1 is 1.12 bits per heavy atom. The Morgan fingerprint density at radius 2 is 1.82 bits per heavy atom. The monoisotopic (exact) mass is 246 g/mol. The van der Waals surface area contributed by atoms with Crippen LogP contribution in [0.5, 0.6) is 0 Å². The van der Waals surface area contributed by atoms with E-state index in [1.807, 2.05) is 50.2 Å². The van der Waals surface area contributed by atoms with Gasteiger partial charge in [0.15, 0.2) is 0 Å². The summed E-state index contributed by atoms with van der Waals surface area (Å²) in [5, 5.41) is 6.47. The van der Waals surface area contributed by atoms with Gasteiger partial charge in [-0.15, -0.1) is 11.3 Å². The third kappa shape index (κ3) is 3.07. The van der Waals surface area contributed by atoms with Crippen LogP contribution in [0.1, 0.15) is 10.4 Å². The Morgan fingerprint density at radius 3 is 2.41 bits per heavy atom. The van der Waals surface area contributed by atoms with Crippen LogP contribution in [0.3, 0.4) is 0 Å². The summed E-state index contributed by atoms with van der Waals surface area (Å²) in [4.78, 5) is 12.9. The highest BCUT2D eigenvalue weighted by atomic mass is 32.1. The van der Waals surface area contributed by atoms with Crippen LogP contribution in [0.15, 0.2) is 36.4 Å². The van der Waals surface area contributed by atoms with E-state index in [2.05, 4.69) is 10.6 Å². The number of amides is 2. The lowest BCUT2D eigenvalue weighted by Crippen LogP contribution is -2.18. The second-order valence-electron chi connectivity index (χ2n) is 3.79. The summed E-state index contributed by atoms with van der Waals surface area (Å²) in [5.41, 5.74) is 1.99. The smallest absolute Gasteiger partial charge is 0.308 e. The predicted molar refractivity (Wildman–Crippen MR) is 72.9 cm³/mol. The minimum atomic E-state index is -0.211. The fourth-order valence-electron chi connectivity index (χ4n) is 1.43. The maximum Gasteiger partial charge on any atom is 0.324 e. The number of urea groups is 1. The molecule has 1 aromatic carbocycles. The Labute approximate surface area is 104 Å². The first-order chi connectivity index (χ1) is 8.15. The zero-order chi connectivity index (χ0) is 12.3. The van der Waals surface area contributed by atoms with E-state index < -0.39 is 0 Å². The largest absolute Gasteiger partial charge is 0.324 e. The van der Waals surface area contributed by atoms with Crippen LogP contribution >= 0.6 is 11.3 Å². The molecule has 88 valence electrons. The van der Waals surface area contributed by atoms with E-state index in [4.69, 9.17) is 0 Å². The molecule has 0 aliphatic carbocycles. The lowest BCUT2D eigenvalue weighted by Gasteiger charge is -2.05. The molecule has 0 bridgehead atoms. The summed E-state index contributed by atoms with van der Waals surface area (Å²) in [7, 11) is 0. The lowest BCUT2D eigenvalue weighted by molar-refractivity contribution is 0.262. The number of benzene rings is 1. The fraction of sp³-hybridized carbons (Fsp3) is 0.154. The average Bonchev–Trinajstić information content (AvgIpc) is 2.59. The molecule has 1 heterocycles. The van der Waals surface area contributed by atoms with E-state index in [0.29, 0.717) is 0 Å². The number of carbonyl (C=O) groups excluding carboxylic acids is 1. The van der Waals surface area contributed by atoms with Gasteiger partial charge in [0.2, 0.25) is 0 Å². The van der Waals surface area contributed by atoms with Crippen molar-refractivity contribution in [1.82, 2.24) is 0 Å². The molecule has 4 heteroatoms. The van der Waals surface area contributed by atoms with Crippen molar-refractivity contribution in [3.05, 3.63) is 46.8 Å². The lowest BCUT2D eigenvalue weighted by atomic mass is 10.3. The first kappa shape index (κ1) is 11.7. The summed E-state index contributed by atoms with van der Waals surface area (Å²) in [6.07, 6.45) is 0. The van der Waals surface area contributed by atoms with Gasteiger partial charge in [-0.05, 0) is 37.6 Å². The Hall–Kier alpha value is -1.81. The molecule has 2 amide bonds. The van der Waals surface area contributed by atoms with Crippen molar-refractivity contribution in [2.24, 2.45) is 0 Å². The van der Waals surface area contributed by atoms with E-state index in [-0.39, 0.29) is 6.03 Å². The summed E-state index contributed by atoms with van der Waals surface area (Å²) in [6, 6.07) is 11.1. The van der Waals surface area contributed by atoms with Crippen LogP contribution in [0.4, 0.5) is 15.5 Å². The number of nitrogens with one attached hydrogen (secondary N) is 2. The number of thiophene rings is 1. The molecular formula is C13H14N2OS. The SMILES string of the molecule is Cc1cc(NC(=O)Nc2ccccc2)sc1C. The Bertz CT molecular complexity index is 500. The van der Waals surface area contributed by atoms with Crippen molar-refractivity contribution < 1.29 is 4.79 Å². The van der Waals surface area contributed by atoms with Crippen LogP contribution in [-0.2, 0) is 0 Å². The van der Waals surface area contributed by atoms with E-state index >= 15 is 0 Å². The number of hydrogen-bond acceptors (Lipinski definition) is 2. The Kier molecular flexibility index (Phi) is 3.44. The molecule has 3 nitrogen and oxygen atoms in total. The molecule has 2 aromatic rings. The second-order valence-corrected chi connectivity index (χ2v) is 5.05. The van der Waals surface area contributed by atoms with E-state index in [1.165, 1.54) is 10.4 Å². The molecular weight excluding hydrogens is 232 g/mol. The first-order valence-corrected chi connectivity index (χ1v) is 6.17. The van der Waals surface area contributed by atoms with Gasteiger partial charge in [0.1, 0.15) is 0 Å². The van der Waals surface area contributed by atoms with Gasteiger partial charge in [-0.2, -0.15) is 0 Å². The third-order valence-electron chi connectivity index (χ3n) is 2.43. The number of anilines is 2. The van der Waals surface area contributed by atoms with Crippen molar-refractivity contribution in [2.45, 2.75) is 13.8 Å². The normalized spacial score (nSPS) is 10.0. The highest BCUT2D eigenvalue weighted by molar-refractivity contribution is 7.16. The van der Waals surface area contributed by atoms with Crippen LogP contribution in [-0.4, -0.2) is 6.03 Å². The molecule has 0 aliphatic rings. The third-order valence-corrected chi connectivity index (χ3v) is 3.50. The standard InChI is InChI=1S/C13H14N2OS/c1-9-8-12(17-10(9)2)15-13(16)14-11-6-4-3-5-7-11/h3-8H,1-2H3,(H2,14,15,16). The van der Waals surface area contributed by atoms with Crippen molar-refractivity contribution in [2.75, 3.05) is 10.6 Å². The summed E-state index contributed by atoms with van der Waals surface area (Å²) < 4.78 is 0. The van der Waals surface area contributed by atoms with Gasteiger partial charge in [-0.3, -0.25) is 5.32 Å². The van der Waals surface area contributed by atoms with Crippen molar-refractivity contribution in [3.8, 4) is 0 Å². The number of carbonyl (C=O) groups is 1. The molecule has 0 aliphatic heterocycles. The van der Waals surface area contributed by atoms with Crippen LogP contribution in [0.2, 0.25) is 0 Å². The van der Waals surface area contributed by atoms with Crippen molar-refractivity contribution >= 4 is 28.1 Å². The van der Waals surface area contributed by atoms with Gasteiger partial charge < -0.3 is 5.32 Å². The van der Waals surface area contributed by atoms with Crippen molar-refractivity contribution in [1.29, 1.82) is 0 Å². The maximum atomic E-state index is 11.7. The zero-order valence-electron chi connectivity index (χ0n) is 9.78. The van der Waals surface area contributed by atoms with E-state index in [0.717, 1.165) is 10.7 Å². The predicted octanol–water partition coefficient (Wildman–Crippen LogP) is 4.01. The fourth-order valence-corrected chi connectivity index (χ4v) is 2.36. The quantitative estimate of drug-likeness (QED) is 0.826. The average molecular weight is 246 g/mol. The van der Waals surface area contributed by atoms with Crippen LogP contribution in [0, 0.1) is 13.8 Å². The van der Waals surface area contributed by atoms with Gasteiger partial charge >= 0.3 is 6.03 Å². The van der Waals surface area contributed by atoms with Gasteiger partial charge in [-0.1, -0.05) is 18.2 Å². The minimum Gasteiger partial charge on any atom is -0.308 e. The molecule has 2 rings (SSSR count). The molecule has 0 saturated heterocycles. The summed E-state index contributed by atoms with van der Waals surface area (Å²) in [5.74, 6) is 0. The first-order valence-electron chi connectivity index (χ1n) is 5.35. The van der Waals surface area contributed by atoms with Gasteiger partial charge in [0.05, 0.1) is 5.00 Å². The maximum absolute atomic E-state index is 11.7. The van der Waals surface area contributed by atoms with Gasteiger partial charge in [0.25, 0.3) is 0 Å². The molecule has 0 unspecified atom stereocenters. The number of hydrogen-bond donors (Lipinski definition) is 2. The minimum absolute atomic E-state index is 0.211. The van der Waals surface area contributed by atoms with Gasteiger partial charge in [-0.25, -0.2) is 4.79 Å². The topological polar surface area (TPSA) is 41.1 Å². The second kappa shape index (κ2) is 5.01. The van der Waals surface area contributed by atoms with Crippen LogP contribution in [0.25, 0.3) is 0 Å². The van der Waals surface area contributed by atoms with E-state index in [9.17, 15) is 4.79 Å². The Balaban J connectivity index is 1.98. The number of para-hydroxylation sites is 1.